The Bertz CT molecular complexity index is 1020. The Morgan fingerprint density at radius 3 is 2.63 bits per heavy atom. The molecule has 156 valence electrons. The van der Waals surface area contributed by atoms with Crippen molar-refractivity contribution in [1.29, 1.82) is 0 Å². The van der Waals surface area contributed by atoms with Gasteiger partial charge in [-0.2, -0.15) is 0 Å². The van der Waals surface area contributed by atoms with E-state index in [2.05, 4.69) is 27.8 Å². The third-order valence-electron chi connectivity index (χ3n) is 4.40. The van der Waals surface area contributed by atoms with Gasteiger partial charge < -0.3 is 14.8 Å². The van der Waals surface area contributed by atoms with Crippen LogP contribution in [-0.2, 0) is 11.3 Å². The van der Waals surface area contributed by atoms with E-state index in [4.69, 9.17) is 9.47 Å². The summed E-state index contributed by atoms with van der Waals surface area (Å²) in [6.07, 6.45) is 3.27. The van der Waals surface area contributed by atoms with Gasteiger partial charge in [-0.25, -0.2) is 4.79 Å². The first kappa shape index (κ1) is 21.6. The molecule has 1 aliphatic heterocycles. The predicted octanol–water partition coefficient (Wildman–Crippen LogP) is 4.81. The van der Waals surface area contributed by atoms with Gasteiger partial charge in [0.05, 0.1) is 13.2 Å². The summed E-state index contributed by atoms with van der Waals surface area (Å²) in [5.74, 6) is 0.731. The molecule has 1 saturated heterocycles. The molecule has 0 aliphatic carbocycles. The van der Waals surface area contributed by atoms with Gasteiger partial charge in [-0.3, -0.25) is 9.69 Å². The molecule has 1 fully saturated rings. The molecular formula is C23H23BrN2O4. The number of aryl methyl sites for hydroxylation is 1. The minimum absolute atomic E-state index is 0.204. The molecule has 0 atom stereocenters. The fourth-order valence-corrected chi connectivity index (χ4v) is 3.49. The number of amides is 3. The van der Waals surface area contributed by atoms with E-state index in [0.717, 1.165) is 11.1 Å². The van der Waals surface area contributed by atoms with Crippen molar-refractivity contribution in [3.8, 4) is 11.5 Å². The monoisotopic (exact) mass is 470 g/mol. The molecule has 7 heteroatoms. The number of carbonyl (C=O) groups is 2. The fourth-order valence-electron chi connectivity index (χ4n) is 3.06. The Hall–Kier alpha value is -3.06. The SMILES string of the molecule is C=CCOc1cc(Br)c(/C=C2/NC(=O)N(Cc3cccc(C)c3)C2=O)cc1OCC. The van der Waals surface area contributed by atoms with E-state index in [1.807, 2.05) is 38.1 Å². The molecule has 6 nitrogen and oxygen atoms in total. The molecule has 0 saturated carbocycles. The van der Waals surface area contributed by atoms with Crippen molar-refractivity contribution in [2.45, 2.75) is 20.4 Å². The Morgan fingerprint density at radius 1 is 1.17 bits per heavy atom. The van der Waals surface area contributed by atoms with Gasteiger partial charge in [-0.1, -0.05) is 58.4 Å². The van der Waals surface area contributed by atoms with E-state index < -0.39 is 6.03 Å². The number of hydrogen-bond donors (Lipinski definition) is 1. The second-order valence-corrected chi connectivity index (χ2v) is 7.58. The van der Waals surface area contributed by atoms with E-state index >= 15 is 0 Å². The molecule has 1 aliphatic rings. The molecule has 0 unspecified atom stereocenters. The molecule has 1 N–H and O–H groups in total. The zero-order valence-corrected chi connectivity index (χ0v) is 18.5. The number of hydrogen-bond acceptors (Lipinski definition) is 4. The zero-order chi connectivity index (χ0) is 21.7. The van der Waals surface area contributed by atoms with Crippen LogP contribution in [0.1, 0.15) is 23.6 Å². The smallest absolute Gasteiger partial charge is 0.329 e. The summed E-state index contributed by atoms with van der Waals surface area (Å²) >= 11 is 3.50. The minimum atomic E-state index is -0.445. The highest BCUT2D eigenvalue weighted by molar-refractivity contribution is 9.10. The maximum absolute atomic E-state index is 12.8. The molecule has 0 aromatic heterocycles. The van der Waals surface area contributed by atoms with Gasteiger partial charge >= 0.3 is 6.03 Å². The van der Waals surface area contributed by atoms with Crippen LogP contribution in [0, 0.1) is 6.92 Å². The van der Waals surface area contributed by atoms with Crippen LogP contribution < -0.4 is 14.8 Å². The summed E-state index contributed by atoms with van der Waals surface area (Å²) in [5, 5.41) is 2.66. The predicted molar refractivity (Wildman–Crippen MR) is 119 cm³/mol. The highest BCUT2D eigenvalue weighted by Gasteiger charge is 2.33. The van der Waals surface area contributed by atoms with E-state index in [-0.39, 0.29) is 18.1 Å². The van der Waals surface area contributed by atoms with Crippen LogP contribution in [0.4, 0.5) is 4.79 Å². The topological polar surface area (TPSA) is 67.9 Å². The summed E-state index contributed by atoms with van der Waals surface area (Å²) in [7, 11) is 0. The number of urea groups is 1. The van der Waals surface area contributed by atoms with Gasteiger partial charge in [0, 0.05) is 4.47 Å². The summed E-state index contributed by atoms with van der Waals surface area (Å²) in [6.45, 7) is 8.51. The summed E-state index contributed by atoms with van der Waals surface area (Å²) < 4.78 is 12.0. The third-order valence-corrected chi connectivity index (χ3v) is 5.09. The fraction of sp³-hybridized carbons (Fsp3) is 0.217. The van der Waals surface area contributed by atoms with Gasteiger partial charge in [0.2, 0.25) is 0 Å². The number of nitrogens with one attached hydrogen (secondary N) is 1. The van der Waals surface area contributed by atoms with Crippen LogP contribution in [0.5, 0.6) is 11.5 Å². The van der Waals surface area contributed by atoms with Crippen molar-refractivity contribution in [2.75, 3.05) is 13.2 Å². The maximum atomic E-state index is 12.8. The Labute approximate surface area is 184 Å². The van der Waals surface area contributed by atoms with E-state index in [9.17, 15) is 9.59 Å². The van der Waals surface area contributed by atoms with E-state index in [0.29, 0.717) is 34.7 Å². The number of nitrogens with zero attached hydrogens (tertiary/aromatic N) is 1. The Balaban J connectivity index is 1.87. The summed E-state index contributed by atoms with van der Waals surface area (Å²) in [4.78, 5) is 26.4. The summed E-state index contributed by atoms with van der Waals surface area (Å²) in [5.41, 5.74) is 2.85. The van der Waals surface area contributed by atoms with Gasteiger partial charge in [0.15, 0.2) is 11.5 Å². The van der Waals surface area contributed by atoms with Crippen LogP contribution in [0.3, 0.4) is 0 Å². The van der Waals surface area contributed by atoms with Crippen LogP contribution >= 0.6 is 15.9 Å². The number of ether oxygens (including phenoxy) is 2. The lowest BCUT2D eigenvalue weighted by Crippen LogP contribution is -2.30. The lowest BCUT2D eigenvalue weighted by Gasteiger charge is -2.13. The second kappa shape index (κ2) is 9.63. The highest BCUT2D eigenvalue weighted by Crippen LogP contribution is 2.35. The quantitative estimate of drug-likeness (QED) is 0.341. The van der Waals surface area contributed by atoms with Gasteiger partial charge in [0.25, 0.3) is 5.91 Å². The molecule has 30 heavy (non-hydrogen) atoms. The first-order valence-corrected chi connectivity index (χ1v) is 10.3. The van der Waals surface area contributed by atoms with Crippen molar-refractivity contribution in [3.63, 3.8) is 0 Å². The Kier molecular flexibility index (Phi) is 6.95. The number of imide groups is 1. The molecule has 3 rings (SSSR count). The average molecular weight is 471 g/mol. The van der Waals surface area contributed by atoms with Crippen LogP contribution in [0.2, 0.25) is 0 Å². The minimum Gasteiger partial charge on any atom is -0.490 e. The van der Waals surface area contributed by atoms with Crippen molar-refractivity contribution >= 4 is 33.9 Å². The van der Waals surface area contributed by atoms with Crippen molar-refractivity contribution < 1.29 is 19.1 Å². The molecule has 1 heterocycles. The molecule has 0 radical (unpaired) electrons. The molecule has 0 spiro atoms. The molecule has 0 bridgehead atoms. The van der Waals surface area contributed by atoms with Crippen molar-refractivity contribution in [3.05, 3.63) is 75.9 Å². The molecular weight excluding hydrogens is 448 g/mol. The number of halogens is 1. The van der Waals surface area contributed by atoms with Crippen LogP contribution in [-0.4, -0.2) is 30.1 Å². The first-order valence-electron chi connectivity index (χ1n) is 9.53. The lowest BCUT2D eigenvalue weighted by molar-refractivity contribution is -0.123. The van der Waals surface area contributed by atoms with E-state index in [1.54, 1.807) is 24.3 Å². The number of carbonyl (C=O) groups excluding carboxylic acids is 2. The zero-order valence-electron chi connectivity index (χ0n) is 16.9. The average Bonchev–Trinajstić information content (AvgIpc) is 2.97. The second-order valence-electron chi connectivity index (χ2n) is 6.72. The standard InChI is InChI=1S/C23H23BrN2O4/c1-4-9-30-21-13-18(24)17(12-20(21)29-5-2)11-19-22(27)26(23(28)25-19)14-16-8-6-7-15(3)10-16/h4,6-8,10-13H,1,5,9,14H2,2-3H3,(H,25,28)/b19-11+. The van der Waals surface area contributed by atoms with Gasteiger partial charge in [-0.15, -0.1) is 0 Å². The normalized spacial score (nSPS) is 14.8. The molecule has 2 aromatic carbocycles. The van der Waals surface area contributed by atoms with E-state index in [1.165, 1.54) is 4.90 Å². The largest absolute Gasteiger partial charge is 0.490 e. The van der Waals surface area contributed by atoms with Crippen molar-refractivity contribution in [1.82, 2.24) is 10.2 Å². The lowest BCUT2D eigenvalue weighted by atomic mass is 10.1. The highest BCUT2D eigenvalue weighted by atomic mass is 79.9. The van der Waals surface area contributed by atoms with Gasteiger partial charge in [-0.05, 0) is 43.2 Å². The Morgan fingerprint density at radius 2 is 1.93 bits per heavy atom. The van der Waals surface area contributed by atoms with Crippen LogP contribution in [0.15, 0.2) is 59.2 Å². The molecule has 3 amide bonds. The first-order chi connectivity index (χ1) is 14.4. The number of rotatable bonds is 8. The number of benzene rings is 2. The van der Waals surface area contributed by atoms with Crippen molar-refractivity contribution in [2.24, 2.45) is 0 Å². The summed E-state index contributed by atoms with van der Waals surface area (Å²) in [6, 6.07) is 10.8. The van der Waals surface area contributed by atoms with Gasteiger partial charge in [0.1, 0.15) is 12.3 Å². The molecule has 2 aromatic rings. The maximum Gasteiger partial charge on any atom is 0.329 e. The third kappa shape index (κ3) is 4.91. The van der Waals surface area contributed by atoms with Crippen LogP contribution in [0.25, 0.3) is 6.08 Å².